The molecule has 0 heterocycles. The summed E-state index contributed by atoms with van der Waals surface area (Å²) in [4.78, 5) is 11.1. The smallest absolute Gasteiger partial charge is 0.236 e. The van der Waals surface area contributed by atoms with Crippen LogP contribution in [0.5, 0.6) is 0 Å². The molecule has 0 aromatic carbocycles. The van der Waals surface area contributed by atoms with E-state index < -0.39 is 0 Å². The molecule has 16 heavy (non-hydrogen) atoms. The van der Waals surface area contributed by atoms with E-state index in [-0.39, 0.29) is 11.9 Å². The van der Waals surface area contributed by atoms with Crippen molar-refractivity contribution in [1.29, 1.82) is 0 Å². The summed E-state index contributed by atoms with van der Waals surface area (Å²) in [5, 5.41) is 3.09. The summed E-state index contributed by atoms with van der Waals surface area (Å²) < 4.78 is 5.50. The first kappa shape index (κ1) is 13.5. The van der Waals surface area contributed by atoms with E-state index in [1.165, 1.54) is 19.3 Å². The van der Waals surface area contributed by atoms with Crippen LogP contribution >= 0.6 is 0 Å². The minimum absolute atomic E-state index is 0.322. The van der Waals surface area contributed by atoms with Crippen LogP contribution in [-0.2, 0) is 9.53 Å². The van der Waals surface area contributed by atoms with Crippen LogP contribution < -0.4 is 11.1 Å². The fourth-order valence-electron chi connectivity index (χ4n) is 1.79. The number of primary amides is 1. The number of hydrogen-bond donors (Lipinski definition) is 2. The molecule has 1 aliphatic carbocycles. The summed E-state index contributed by atoms with van der Waals surface area (Å²) in [6.07, 6.45) is 6.17. The van der Waals surface area contributed by atoms with E-state index in [4.69, 9.17) is 10.5 Å². The van der Waals surface area contributed by atoms with Crippen molar-refractivity contribution < 1.29 is 9.53 Å². The molecular formula is C12H24N2O2. The van der Waals surface area contributed by atoms with E-state index >= 15 is 0 Å². The number of hydrogen-bond acceptors (Lipinski definition) is 3. The first-order valence-electron chi connectivity index (χ1n) is 6.34. The molecule has 1 unspecified atom stereocenters. The van der Waals surface area contributed by atoms with Crippen LogP contribution in [0.25, 0.3) is 0 Å². The number of nitrogens with one attached hydrogen (secondary N) is 1. The van der Waals surface area contributed by atoms with Crippen LogP contribution in [0.15, 0.2) is 0 Å². The second kappa shape index (κ2) is 7.63. The molecule has 94 valence electrons. The Balaban J connectivity index is 2.03. The Labute approximate surface area is 97.9 Å². The number of carbonyl (C=O) groups excluding carboxylic acids is 1. The predicted octanol–water partition coefficient (Wildman–Crippen LogP) is 1.05. The van der Waals surface area contributed by atoms with Gasteiger partial charge in [0, 0.05) is 6.61 Å². The first-order chi connectivity index (χ1) is 7.74. The highest BCUT2D eigenvalue weighted by Gasteiger charge is 2.18. The van der Waals surface area contributed by atoms with Crippen molar-refractivity contribution in [2.45, 2.75) is 45.1 Å². The van der Waals surface area contributed by atoms with Gasteiger partial charge >= 0.3 is 0 Å². The van der Waals surface area contributed by atoms with Gasteiger partial charge in [0.15, 0.2) is 0 Å². The Morgan fingerprint density at radius 1 is 1.56 bits per heavy atom. The second-order valence-corrected chi connectivity index (χ2v) is 4.57. The van der Waals surface area contributed by atoms with Gasteiger partial charge in [-0.25, -0.2) is 0 Å². The molecule has 1 amide bonds. The van der Waals surface area contributed by atoms with Gasteiger partial charge in [-0.1, -0.05) is 26.2 Å². The fraction of sp³-hybridized carbons (Fsp3) is 0.917. The van der Waals surface area contributed by atoms with Gasteiger partial charge in [-0.05, 0) is 25.3 Å². The van der Waals surface area contributed by atoms with Crippen molar-refractivity contribution in [1.82, 2.24) is 5.32 Å². The van der Waals surface area contributed by atoms with Crippen molar-refractivity contribution in [3.05, 3.63) is 0 Å². The van der Waals surface area contributed by atoms with E-state index in [1.807, 2.05) is 0 Å². The molecular weight excluding hydrogens is 204 g/mol. The maximum absolute atomic E-state index is 11.1. The van der Waals surface area contributed by atoms with Crippen molar-refractivity contribution >= 4 is 5.91 Å². The van der Waals surface area contributed by atoms with E-state index in [0.29, 0.717) is 6.61 Å². The molecule has 0 spiro atoms. The van der Waals surface area contributed by atoms with Gasteiger partial charge in [-0.2, -0.15) is 0 Å². The zero-order chi connectivity index (χ0) is 11.8. The molecule has 0 saturated heterocycles. The molecule has 4 heteroatoms. The maximum atomic E-state index is 11.1. The highest BCUT2D eigenvalue weighted by molar-refractivity contribution is 5.79. The molecule has 3 N–H and O–H groups in total. The first-order valence-corrected chi connectivity index (χ1v) is 6.34. The summed E-state index contributed by atoms with van der Waals surface area (Å²) in [6.45, 7) is 4.02. The number of rotatable bonds is 9. The molecule has 0 aliphatic heterocycles. The molecule has 1 fully saturated rings. The number of nitrogens with two attached hydrogens (primary N) is 1. The highest BCUT2D eigenvalue weighted by atomic mass is 16.5. The molecule has 1 saturated carbocycles. The Morgan fingerprint density at radius 3 is 2.81 bits per heavy atom. The van der Waals surface area contributed by atoms with E-state index in [1.54, 1.807) is 0 Å². The quantitative estimate of drug-likeness (QED) is 0.580. The van der Waals surface area contributed by atoms with Crippen molar-refractivity contribution in [3.63, 3.8) is 0 Å². The lowest BCUT2D eigenvalue weighted by molar-refractivity contribution is -0.121. The molecule has 1 aliphatic rings. The SMILES string of the molecule is CCCNC(COCCC1CCC1)C(N)=O. The Hall–Kier alpha value is -0.610. The van der Waals surface area contributed by atoms with E-state index in [0.717, 1.165) is 31.9 Å². The lowest BCUT2D eigenvalue weighted by Gasteiger charge is -2.25. The summed E-state index contributed by atoms with van der Waals surface area (Å²) in [6, 6.07) is -0.332. The van der Waals surface area contributed by atoms with Gasteiger partial charge < -0.3 is 15.8 Å². The number of amides is 1. The summed E-state index contributed by atoms with van der Waals surface area (Å²) in [7, 11) is 0. The van der Waals surface area contributed by atoms with Gasteiger partial charge in [-0.15, -0.1) is 0 Å². The Morgan fingerprint density at radius 2 is 2.31 bits per heavy atom. The second-order valence-electron chi connectivity index (χ2n) is 4.57. The molecule has 0 radical (unpaired) electrons. The van der Waals surface area contributed by atoms with Crippen molar-refractivity contribution in [2.75, 3.05) is 19.8 Å². The third-order valence-electron chi connectivity index (χ3n) is 3.16. The topological polar surface area (TPSA) is 64.3 Å². The van der Waals surface area contributed by atoms with Crippen LogP contribution in [0, 0.1) is 5.92 Å². The van der Waals surface area contributed by atoms with Crippen molar-refractivity contribution in [2.24, 2.45) is 11.7 Å². The van der Waals surface area contributed by atoms with E-state index in [9.17, 15) is 4.79 Å². The average molecular weight is 228 g/mol. The van der Waals surface area contributed by atoms with Gasteiger partial charge in [0.25, 0.3) is 0 Å². The summed E-state index contributed by atoms with van der Waals surface area (Å²) >= 11 is 0. The van der Waals surface area contributed by atoms with E-state index in [2.05, 4.69) is 12.2 Å². The van der Waals surface area contributed by atoms with Crippen LogP contribution in [0.2, 0.25) is 0 Å². The minimum atomic E-state index is -0.332. The Bertz CT molecular complexity index is 205. The fourth-order valence-corrected chi connectivity index (χ4v) is 1.79. The molecule has 1 atom stereocenters. The molecule has 1 rings (SSSR count). The van der Waals surface area contributed by atoms with Gasteiger partial charge in [0.05, 0.1) is 6.61 Å². The largest absolute Gasteiger partial charge is 0.379 e. The third kappa shape index (κ3) is 4.94. The number of ether oxygens (including phenoxy) is 1. The molecule has 0 bridgehead atoms. The van der Waals surface area contributed by atoms with Gasteiger partial charge in [-0.3, -0.25) is 4.79 Å². The van der Waals surface area contributed by atoms with Crippen molar-refractivity contribution in [3.8, 4) is 0 Å². The lowest BCUT2D eigenvalue weighted by atomic mass is 9.83. The Kier molecular flexibility index (Phi) is 6.42. The standard InChI is InChI=1S/C12H24N2O2/c1-2-7-14-11(12(13)15)9-16-8-6-10-4-3-5-10/h10-11,14H,2-9H2,1H3,(H2,13,15). The summed E-state index contributed by atoms with van der Waals surface area (Å²) in [5.74, 6) is 0.535. The minimum Gasteiger partial charge on any atom is -0.379 e. The summed E-state index contributed by atoms with van der Waals surface area (Å²) in [5.41, 5.74) is 5.28. The molecule has 4 nitrogen and oxygen atoms in total. The number of carbonyl (C=O) groups is 1. The molecule has 0 aromatic rings. The van der Waals surface area contributed by atoms with Crippen LogP contribution in [0.4, 0.5) is 0 Å². The van der Waals surface area contributed by atoms with Crippen LogP contribution in [0.1, 0.15) is 39.0 Å². The normalized spacial score (nSPS) is 18.1. The average Bonchev–Trinajstić information content (AvgIpc) is 2.19. The highest BCUT2D eigenvalue weighted by Crippen LogP contribution is 2.29. The maximum Gasteiger partial charge on any atom is 0.236 e. The monoisotopic (exact) mass is 228 g/mol. The predicted molar refractivity (Wildman–Crippen MR) is 64.1 cm³/mol. The van der Waals surface area contributed by atoms with Crippen LogP contribution in [0.3, 0.4) is 0 Å². The van der Waals surface area contributed by atoms with Crippen LogP contribution in [-0.4, -0.2) is 31.7 Å². The van der Waals surface area contributed by atoms with Gasteiger partial charge in [0.2, 0.25) is 5.91 Å². The zero-order valence-corrected chi connectivity index (χ0v) is 10.2. The lowest BCUT2D eigenvalue weighted by Crippen LogP contribution is -2.45. The van der Waals surface area contributed by atoms with Gasteiger partial charge in [0.1, 0.15) is 6.04 Å². The third-order valence-corrected chi connectivity index (χ3v) is 3.16. The molecule has 0 aromatic heterocycles. The zero-order valence-electron chi connectivity index (χ0n) is 10.2.